The SMILES string of the molecule is CCOc1ccc(CN2CC(c3nc(-c4ccc(OC(C)C)cc4)no3)CC2=O)cc1OCC. The molecular weight excluding hydrogens is 434 g/mol. The van der Waals surface area contributed by atoms with Crippen LogP contribution in [0.5, 0.6) is 17.2 Å². The zero-order valence-electron chi connectivity index (χ0n) is 20.1. The smallest absolute Gasteiger partial charge is 0.232 e. The number of ether oxygens (including phenoxy) is 3. The predicted octanol–water partition coefficient (Wildman–Crippen LogP) is 4.84. The number of benzene rings is 2. The summed E-state index contributed by atoms with van der Waals surface area (Å²) in [6.07, 6.45) is 0.455. The van der Waals surface area contributed by atoms with Crippen molar-refractivity contribution < 1.29 is 23.5 Å². The fraction of sp³-hybridized carbons (Fsp3) is 0.423. The van der Waals surface area contributed by atoms with Crippen molar-refractivity contribution in [3.05, 3.63) is 53.9 Å². The first-order chi connectivity index (χ1) is 16.5. The second-order valence-electron chi connectivity index (χ2n) is 8.47. The van der Waals surface area contributed by atoms with E-state index in [4.69, 9.17) is 18.7 Å². The van der Waals surface area contributed by atoms with E-state index in [1.165, 1.54) is 0 Å². The largest absolute Gasteiger partial charge is 0.491 e. The van der Waals surface area contributed by atoms with Gasteiger partial charge in [0.25, 0.3) is 0 Å². The molecule has 4 rings (SSSR count). The normalized spacial score (nSPS) is 15.7. The molecule has 0 bridgehead atoms. The van der Waals surface area contributed by atoms with Crippen LogP contribution in [0.15, 0.2) is 47.0 Å². The summed E-state index contributed by atoms with van der Waals surface area (Å²) in [5.74, 6) is 3.11. The van der Waals surface area contributed by atoms with Gasteiger partial charge in [0, 0.05) is 25.1 Å². The molecule has 34 heavy (non-hydrogen) atoms. The zero-order chi connectivity index (χ0) is 24.1. The van der Waals surface area contributed by atoms with E-state index in [9.17, 15) is 4.79 Å². The van der Waals surface area contributed by atoms with E-state index in [-0.39, 0.29) is 17.9 Å². The Hall–Kier alpha value is -3.55. The first-order valence-corrected chi connectivity index (χ1v) is 11.7. The first kappa shape index (κ1) is 23.6. The van der Waals surface area contributed by atoms with Gasteiger partial charge in [-0.25, -0.2) is 0 Å². The van der Waals surface area contributed by atoms with Crippen LogP contribution in [-0.2, 0) is 11.3 Å². The minimum Gasteiger partial charge on any atom is -0.491 e. The lowest BCUT2D eigenvalue weighted by Gasteiger charge is -2.18. The van der Waals surface area contributed by atoms with Crippen molar-refractivity contribution in [2.75, 3.05) is 19.8 Å². The zero-order valence-corrected chi connectivity index (χ0v) is 20.1. The molecule has 8 nitrogen and oxygen atoms in total. The Bertz CT molecular complexity index is 1110. The first-order valence-electron chi connectivity index (χ1n) is 11.7. The second kappa shape index (κ2) is 10.6. The molecule has 0 spiro atoms. The average Bonchev–Trinajstić information content (AvgIpc) is 3.43. The van der Waals surface area contributed by atoms with Crippen LogP contribution in [0.25, 0.3) is 11.4 Å². The number of likely N-dealkylation sites (tertiary alicyclic amines) is 1. The molecule has 3 aromatic rings. The third kappa shape index (κ3) is 5.50. The summed E-state index contributed by atoms with van der Waals surface area (Å²) in [7, 11) is 0. The molecule has 8 heteroatoms. The minimum absolute atomic E-state index is 0.0618. The van der Waals surface area contributed by atoms with Gasteiger partial charge in [0.05, 0.1) is 25.2 Å². The Morgan fingerprint density at radius 2 is 1.79 bits per heavy atom. The highest BCUT2D eigenvalue weighted by atomic mass is 16.5. The quantitative estimate of drug-likeness (QED) is 0.423. The number of hydrogen-bond donors (Lipinski definition) is 0. The summed E-state index contributed by atoms with van der Waals surface area (Å²) in [6.45, 7) is 9.96. The summed E-state index contributed by atoms with van der Waals surface area (Å²) in [4.78, 5) is 19.1. The van der Waals surface area contributed by atoms with Gasteiger partial charge in [-0.1, -0.05) is 11.2 Å². The predicted molar refractivity (Wildman–Crippen MR) is 127 cm³/mol. The van der Waals surface area contributed by atoms with E-state index in [2.05, 4.69) is 10.1 Å². The van der Waals surface area contributed by atoms with Crippen LogP contribution in [0.4, 0.5) is 0 Å². The molecule has 0 aliphatic carbocycles. The second-order valence-corrected chi connectivity index (χ2v) is 8.47. The van der Waals surface area contributed by atoms with Gasteiger partial charge < -0.3 is 23.6 Å². The van der Waals surface area contributed by atoms with Crippen LogP contribution < -0.4 is 14.2 Å². The number of rotatable bonds is 10. The molecule has 1 aromatic heterocycles. The Labute approximate surface area is 199 Å². The van der Waals surface area contributed by atoms with Crippen LogP contribution in [0.1, 0.15) is 51.5 Å². The highest BCUT2D eigenvalue weighted by Crippen LogP contribution is 2.32. The lowest BCUT2D eigenvalue weighted by atomic mass is 10.1. The molecule has 2 aromatic carbocycles. The Kier molecular flexibility index (Phi) is 7.35. The Morgan fingerprint density at radius 1 is 1.06 bits per heavy atom. The monoisotopic (exact) mass is 465 g/mol. The van der Waals surface area contributed by atoms with Crippen molar-refractivity contribution in [3.8, 4) is 28.6 Å². The van der Waals surface area contributed by atoms with Crippen LogP contribution in [0.2, 0.25) is 0 Å². The molecule has 1 amide bonds. The molecule has 1 aliphatic heterocycles. The number of carbonyl (C=O) groups is 1. The fourth-order valence-corrected chi connectivity index (χ4v) is 3.98. The number of amides is 1. The van der Waals surface area contributed by atoms with E-state index in [1.807, 2.05) is 75.1 Å². The van der Waals surface area contributed by atoms with Crippen LogP contribution in [0.3, 0.4) is 0 Å². The summed E-state index contributed by atoms with van der Waals surface area (Å²) in [6, 6.07) is 13.4. The molecule has 1 atom stereocenters. The molecule has 2 heterocycles. The van der Waals surface area contributed by atoms with E-state index in [1.54, 1.807) is 0 Å². The van der Waals surface area contributed by atoms with Crippen LogP contribution in [-0.4, -0.2) is 46.8 Å². The molecule has 1 saturated heterocycles. The van der Waals surface area contributed by atoms with Gasteiger partial charge in [-0.3, -0.25) is 4.79 Å². The maximum Gasteiger partial charge on any atom is 0.232 e. The fourth-order valence-electron chi connectivity index (χ4n) is 3.98. The van der Waals surface area contributed by atoms with Crippen molar-refractivity contribution in [1.82, 2.24) is 15.0 Å². The lowest BCUT2D eigenvalue weighted by molar-refractivity contribution is -0.128. The number of hydrogen-bond acceptors (Lipinski definition) is 7. The van der Waals surface area contributed by atoms with Gasteiger partial charge in [0.1, 0.15) is 5.75 Å². The Morgan fingerprint density at radius 3 is 2.50 bits per heavy atom. The number of aromatic nitrogens is 2. The lowest BCUT2D eigenvalue weighted by Crippen LogP contribution is -2.24. The Balaban J connectivity index is 1.42. The van der Waals surface area contributed by atoms with Crippen molar-refractivity contribution in [2.24, 2.45) is 0 Å². The van der Waals surface area contributed by atoms with Crippen LogP contribution in [0, 0.1) is 0 Å². The maximum absolute atomic E-state index is 12.7. The molecule has 0 N–H and O–H groups in total. The third-order valence-electron chi connectivity index (χ3n) is 5.47. The van der Waals surface area contributed by atoms with Crippen molar-refractivity contribution in [1.29, 1.82) is 0 Å². The van der Waals surface area contributed by atoms with Gasteiger partial charge in [0.15, 0.2) is 11.5 Å². The summed E-state index contributed by atoms with van der Waals surface area (Å²) < 4.78 is 22.6. The van der Waals surface area contributed by atoms with E-state index in [0.717, 1.165) is 16.9 Å². The molecule has 1 aliphatic rings. The van der Waals surface area contributed by atoms with Crippen molar-refractivity contribution >= 4 is 5.91 Å². The summed E-state index contributed by atoms with van der Waals surface area (Å²) in [5, 5.41) is 4.13. The maximum atomic E-state index is 12.7. The number of nitrogens with zero attached hydrogens (tertiary/aromatic N) is 3. The summed E-state index contributed by atoms with van der Waals surface area (Å²) in [5.41, 5.74) is 1.82. The topological polar surface area (TPSA) is 86.9 Å². The van der Waals surface area contributed by atoms with Gasteiger partial charge in [0.2, 0.25) is 17.6 Å². The van der Waals surface area contributed by atoms with Gasteiger partial charge in [-0.2, -0.15) is 4.98 Å². The van der Waals surface area contributed by atoms with Gasteiger partial charge in [-0.05, 0) is 69.7 Å². The third-order valence-corrected chi connectivity index (χ3v) is 5.47. The highest BCUT2D eigenvalue weighted by Gasteiger charge is 2.34. The van der Waals surface area contributed by atoms with E-state index < -0.39 is 0 Å². The van der Waals surface area contributed by atoms with Crippen molar-refractivity contribution in [2.45, 2.75) is 52.7 Å². The average molecular weight is 466 g/mol. The van der Waals surface area contributed by atoms with Crippen LogP contribution >= 0.6 is 0 Å². The summed E-state index contributed by atoms with van der Waals surface area (Å²) >= 11 is 0. The molecular formula is C26H31N3O5. The molecule has 0 radical (unpaired) electrons. The molecule has 180 valence electrons. The molecule has 0 saturated carbocycles. The van der Waals surface area contributed by atoms with E-state index in [0.29, 0.717) is 55.9 Å². The van der Waals surface area contributed by atoms with Gasteiger partial charge in [-0.15, -0.1) is 0 Å². The standard InChI is InChI=1S/C26H31N3O5/c1-5-31-22-12-7-18(13-23(22)32-6-2)15-29-16-20(14-24(29)30)26-27-25(28-34-26)19-8-10-21(11-9-19)33-17(3)4/h7-13,17,20H,5-6,14-16H2,1-4H3. The molecule has 1 unspecified atom stereocenters. The van der Waals surface area contributed by atoms with Crippen molar-refractivity contribution in [3.63, 3.8) is 0 Å². The molecule has 1 fully saturated rings. The minimum atomic E-state index is -0.133. The van der Waals surface area contributed by atoms with Gasteiger partial charge >= 0.3 is 0 Å². The highest BCUT2D eigenvalue weighted by molar-refractivity contribution is 5.79. The number of carbonyl (C=O) groups excluding carboxylic acids is 1. The van der Waals surface area contributed by atoms with E-state index >= 15 is 0 Å².